The molecule has 2 aliphatic heterocycles. The van der Waals surface area contributed by atoms with Crippen LogP contribution in [0.3, 0.4) is 0 Å². The minimum absolute atomic E-state index is 0.264. The van der Waals surface area contributed by atoms with Crippen molar-refractivity contribution in [2.75, 3.05) is 24.6 Å². The van der Waals surface area contributed by atoms with Crippen molar-refractivity contribution in [1.29, 1.82) is 0 Å². The number of fused-ring (bicyclic) bond motifs is 2. The Morgan fingerprint density at radius 2 is 1.93 bits per heavy atom. The lowest BCUT2D eigenvalue weighted by Gasteiger charge is -2.29. The van der Waals surface area contributed by atoms with Gasteiger partial charge in [-0.15, -0.1) is 5.10 Å². The zero-order valence-corrected chi connectivity index (χ0v) is 24.2. The van der Waals surface area contributed by atoms with E-state index in [1.807, 2.05) is 29.5 Å². The minimum atomic E-state index is -1.35. The van der Waals surface area contributed by atoms with Gasteiger partial charge in [0.1, 0.15) is 11.3 Å². The smallest absolute Gasteiger partial charge is 0.337 e. The van der Waals surface area contributed by atoms with Crippen LogP contribution in [-0.4, -0.2) is 56.1 Å². The molecule has 10 nitrogen and oxygen atoms in total. The van der Waals surface area contributed by atoms with Crippen molar-refractivity contribution in [2.24, 2.45) is 7.05 Å². The van der Waals surface area contributed by atoms with Crippen LogP contribution in [0.2, 0.25) is 0 Å². The van der Waals surface area contributed by atoms with Gasteiger partial charge in [-0.05, 0) is 77.1 Å². The summed E-state index contributed by atoms with van der Waals surface area (Å²) in [6, 6.07) is 3.75. The van der Waals surface area contributed by atoms with Crippen LogP contribution in [0.25, 0.3) is 33.7 Å². The summed E-state index contributed by atoms with van der Waals surface area (Å²) < 4.78 is 35.3. The predicted molar refractivity (Wildman–Crippen MR) is 151 cm³/mol. The van der Waals surface area contributed by atoms with E-state index in [4.69, 9.17) is 18.9 Å². The number of rotatable bonds is 6. The summed E-state index contributed by atoms with van der Waals surface area (Å²) in [6.07, 6.45) is 1.16. The van der Waals surface area contributed by atoms with Gasteiger partial charge in [-0.2, -0.15) is 0 Å². The third kappa shape index (κ3) is 4.61. The van der Waals surface area contributed by atoms with Crippen molar-refractivity contribution in [3.8, 4) is 28.5 Å². The zero-order valence-electron chi connectivity index (χ0n) is 24.2. The SMILES string of the molecule is Cc1nc2c(cc(-c3nnc(N4CCC4)o3)n2C)c(-c2cc(F)c3c(c2C)CCCO3)c1[C@H](OC(C)(C)C)C(=O)O. The van der Waals surface area contributed by atoms with Crippen LogP contribution in [0.1, 0.15) is 62.1 Å². The van der Waals surface area contributed by atoms with Crippen LogP contribution >= 0.6 is 0 Å². The number of nitrogens with zero attached hydrogens (tertiary/aromatic N) is 5. The number of aromatic nitrogens is 4. The number of halogens is 1. The monoisotopic (exact) mass is 563 g/mol. The van der Waals surface area contributed by atoms with Gasteiger partial charge in [0.15, 0.2) is 17.7 Å². The first-order valence-electron chi connectivity index (χ1n) is 13.9. The normalized spacial score (nSPS) is 15.9. The molecule has 0 aliphatic carbocycles. The first kappa shape index (κ1) is 27.2. The third-order valence-electron chi connectivity index (χ3n) is 7.83. The first-order valence-corrected chi connectivity index (χ1v) is 13.9. The maximum absolute atomic E-state index is 15.6. The lowest BCUT2D eigenvalue weighted by atomic mass is 9.86. The molecular weight excluding hydrogens is 529 g/mol. The molecule has 5 heterocycles. The summed E-state index contributed by atoms with van der Waals surface area (Å²) in [6.45, 7) is 11.3. The van der Waals surface area contributed by atoms with E-state index in [2.05, 4.69) is 10.2 Å². The Hall–Kier alpha value is -3.99. The highest BCUT2D eigenvalue weighted by molar-refractivity contribution is 6.01. The summed E-state index contributed by atoms with van der Waals surface area (Å²) in [4.78, 5) is 19.6. The molecule has 0 amide bonds. The van der Waals surface area contributed by atoms with Crippen molar-refractivity contribution in [3.63, 3.8) is 0 Å². The van der Waals surface area contributed by atoms with Crippen LogP contribution in [0.5, 0.6) is 5.75 Å². The molecule has 216 valence electrons. The van der Waals surface area contributed by atoms with Crippen LogP contribution < -0.4 is 9.64 Å². The third-order valence-corrected chi connectivity index (χ3v) is 7.83. The van der Waals surface area contributed by atoms with Crippen molar-refractivity contribution in [2.45, 2.75) is 65.6 Å². The number of ether oxygens (including phenoxy) is 2. The number of carboxylic acid groups (broad SMARTS) is 1. The molecule has 1 atom stereocenters. The molecule has 0 unspecified atom stereocenters. The standard InChI is InChI=1S/C30H34FN5O5/c1-15-17-9-7-12-39-24(17)20(31)13-18(15)23-19-14-21(27-33-34-29(40-27)36-10-8-11-36)35(6)26(19)32-16(2)22(23)25(28(37)38)41-30(3,4)5/h13-14,25H,7-12H2,1-6H3,(H,37,38)/t25-/m0/s1. The van der Waals surface area contributed by atoms with Gasteiger partial charge in [0.25, 0.3) is 5.89 Å². The van der Waals surface area contributed by atoms with E-state index in [0.717, 1.165) is 37.1 Å². The molecule has 6 rings (SSSR count). The lowest BCUT2D eigenvalue weighted by molar-refractivity contribution is -0.160. The highest BCUT2D eigenvalue weighted by atomic mass is 19.1. The molecular formula is C30H34FN5O5. The summed E-state index contributed by atoms with van der Waals surface area (Å²) in [5, 5.41) is 19.6. The molecule has 3 aromatic heterocycles. The topological polar surface area (TPSA) is 116 Å². The summed E-state index contributed by atoms with van der Waals surface area (Å²) in [7, 11) is 1.84. The number of hydrogen-bond donors (Lipinski definition) is 1. The van der Waals surface area contributed by atoms with Crippen molar-refractivity contribution < 1.29 is 28.2 Å². The molecule has 0 spiro atoms. The molecule has 11 heteroatoms. The Balaban J connectivity index is 1.65. The number of aliphatic carboxylic acids is 1. The van der Waals surface area contributed by atoms with Crippen molar-refractivity contribution in [3.05, 3.63) is 40.3 Å². The van der Waals surface area contributed by atoms with E-state index in [0.29, 0.717) is 64.0 Å². The maximum Gasteiger partial charge on any atom is 0.337 e. The molecule has 1 aromatic carbocycles. The maximum atomic E-state index is 15.6. The number of hydrogen-bond acceptors (Lipinski definition) is 8. The van der Waals surface area contributed by atoms with Crippen LogP contribution in [-0.2, 0) is 23.0 Å². The number of carboxylic acids is 1. The first-order chi connectivity index (χ1) is 19.4. The number of benzene rings is 1. The summed E-state index contributed by atoms with van der Waals surface area (Å²) in [5.41, 5.74) is 4.02. The Labute approximate surface area is 237 Å². The Morgan fingerprint density at radius 1 is 1.17 bits per heavy atom. The Bertz CT molecular complexity index is 1680. The molecule has 2 aliphatic rings. The van der Waals surface area contributed by atoms with Gasteiger partial charge in [-0.1, -0.05) is 5.10 Å². The summed E-state index contributed by atoms with van der Waals surface area (Å²) >= 11 is 0. The van der Waals surface area contributed by atoms with E-state index in [9.17, 15) is 9.90 Å². The molecule has 4 aromatic rings. The number of anilines is 1. The van der Waals surface area contributed by atoms with Crippen LogP contribution in [0.15, 0.2) is 16.5 Å². The van der Waals surface area contributed by atoms with Gasteiger partial charge in [0.2, 0.25) is 0 Å². The van der Waals surface area contributed by atoms with Crippen LogP contribution in [0.4, 0.5) is 10.4 Å². The molecule has 0 saturated carbocycles. The lowest BCUT2D eigenvalue weighted by Crippen LogP contribution is -2.37. The predicted octanol–water partition coefficient (Wildman–Crippen LogP) is 5.52. The van der Waals surface area contributed by atoms with Gasteiger partial charge >= 0.3 is 12.0 Å². The van der Waals surface area contributed by atoms with Gasteiger partial charge in [-0.25, -0.2) is 14.2 Å². The molecule has 1 saturated heterocycles. The van der Waals surface area contributed by atoms with Gasteiger partial charge in [-0.3, -0.25) is 0 Å². The molecule has 1 fully saturated rings. The van der Waals surface area contributed by atoms with Gasteiger partial charge in [0, 0.05) is 47.9 Å². The fourth-order valence-corrected chi connectivity index (χ4v) is 5.73. The fourth-order valence-electron chi connectivity index (χ4n) is 5.73. The Morgan fingerprint density at radius 3 is 2.59 bits per heavy atom. The largest absolute Gasteiger partial charge is 0.490 e. The summed E-state index contributed by atoms with van der Waals surface area (Å²) in [5.74, 6) is -1.05. The second-order valence-corrected chi connectivity index (χ2v) is 11.8. The van der Waals surface area contributed by atoms with Gasteiger partial charge in [0.05, 0.1) is 12.2 Å². The highest BCUT2D eigenvalue weighted by Crippen LogP contribution is 2.45. The molecule has 41 heavy (non-hydrogen) atoms. The van der Waals surface area contributed by atoms with Crippen LogP contribution in [0, 0.1) is 19.7 Å². The van der Waals surface area contributed by atoms with E-state index in [-0.39, 0.29) is 5.75 Å². The fraction of sp³-hybridized carbons (Fsp3) is 0.467. The van der Waals surface area contributed by atoms with Crippen molar-refractivity contribution in [1.82, 2.24) is 19.7 Å². The second-order valence-electron chi connectivity index (χ2n) is 11.8. The Kier molecular flexibility index (Phi) is 6.52. The molecule has 0 bridgehead atoms. The van der Waals surface area contributed by atoms with E-state index < -0.39 is 23.5 Å². The number of carbonyl (C=O) groups is 1. The molecule has 0 radical (unpaired) electrons. The van der Waals surface area contributed by atoms with E-state index in [1.54, 1.807) is 27.7 Å². The number of pyridine rings is 1. The average molecular weight is 564 g/mol. The van der Waals surface area contributed by atoms with Crippen molar-refractivity contribution >= 4 is 23.0 Å². The highest BCUT2D eigenvalue weighted by Gasteiger charge is 2.35. The average Bonchev–Trinajstić information content (AvgIpc) is 3.47. The second kappa shape index (κ2) is 9.83. The number of aryl methyl sites for hydroxylation is 2. The minimum Gasteiger partial charge on any atom is -0.490 e. The van der Waals surface area contributed by atoms with E-state index in [1.165, 1.54) is 6.07 Å². The van der Waals surface area contributed by atoms with Gasteiger partial charge < -0.3 is 28.5 Å². The quantitative estimate of drug-likeness (QED) is 0.324. The molecule has 1 N–H and O–H groups in total. The zero-order chi connectivity index (χ0) is 29.2. The van der Waals surface area contributed by atoms with E-state index >= 15 is 4.39 Å².